The summed E-state index contributed by atoms with van der Waals surface area (Å²) in [5, 5.41) is 12.9. The molecule has 0 aliphatic rings. The van der Waals surface area contributed by atoms with Crippen molar-refractivity contribution < 1.29 is 36.9 Å². The van der Waals surface area contributed by atoms with Gasteiger partial charge in [-0.3, -0.25) is 4.79 Å². The maximum Gasteiger partial charge on any atom is 0.416 e. The second-order valence-electron chi connectivity index (χ2n) is 6.66. The van der Waals surface area contributed by atoms with E-state index in [1.807, 2.05) is 0 Å². The van der Waals surface area contributed by atoms with Crippen molar-refractivity contribution in [3.05, 3.63) is 64.3 Å². The minimum atomic E-state index is -4.50. The van der Waals surface area contributed by atoms with Crippen LogP contribution in [0.1, 0.15) is 20.8 Å². The third-order valence-electron chi connectivity index (χ3n) is 4.36. The molecule has 1 atom stereocenters. The van der Waals surface area contributed by atoms with Crippen LogP contribution in [0, 0.1) is 5.82 Å². The van der Waals surface area contributed by atoms with Crippen molar-refractivity contribution in [2.45, 2.75) is 18.9 Å². The summed E-state index contributed by atoms with van der Waals surface area (Å²) in [6.07, 6.45) is -5.68. The van der Waals surface area contributed by atoms with Gasteiger partial charge in [-0.05, 0) is 30.3 Å². The average molecular weight is 457 g/mol. The largest absolute Gasteiger partial charge is 0.491 e. The average Bonchev–Trinajstić information content (AvgIpc) is 3.10. The Morgan fingerprint density at radius 1 is 1.23 bits per heavy atom. The molecule has 1 amide bonds. The van der Waals surface area contributed by atoms with Gasteiger partial charge in [0.05, 0.1) is 17.0 Å². The van der Waals surface area contributed by atoms with E-state index in [0.29, 0.717) is 15.6 Å². The highest BCUT2D eigenvalue weighted by Gasteiger charge is 2.30. The van der Waals surface area contributed by atoms with Crippen molar-refractivity contribution >= 4 is 27.3 Å². The fourth-order valence-corrected chi connectivity index (χ4v) is 4.08. The summed E-state index contributed by atoms with van der Waals surface area (Å²) in [5.41, 5.74) is -0.455. The maximum absolute atomic E-state index is 14.2. The summed E-state index contributed by atoms with van der Waals surface area (Å²) >= 11 is 1.10. The van der Waals surface area contributed by atoms with Crippen molar-refractivity contribution in [2.24, 2.45) is 0 Å². The summed E-state index contributed by atoms with van der Waals surface area (Å²) in [5.74, 6) is -1.04. The van der Waals surface area contributed by atoms with Crippen LogP contribution >= 0.6 is 11.3 Å². The smallest absolute Gasteiger partial charge is 0.416 e. The second-order valence-corrected chi connectivity index (χ2v) is 7.71. The van der Waals surface area contributed by atoms with E-state index in [4.69, 9.17) is 9.47 Å². The van der Waals surface area contributed by atoms with Gasteiger partial charge in [-0.2, -0.15) is 13.2 Å². The molecule has 1 unspecified atom stereocenters. The number of hydrogen-bond acceptors (Lipinski definition) is 5. The highest BCUT2D eigenvalue weighted by molar-refractivity contribution is 7.21. The predicted octanol–water partition coefficient (Wildman–Crippen LogP) is 4.38. The molecule has 3 aromatic rings. The Balaban J connectivity index is 1.62. The van der Waals surface area contributed by atoms with Crippen LogP contribution in [0.25, 0.3) is 10.1 Å². The van der Waals surface area contributed by atoms with E-state index in [1.165, 1.54) is 25.3 Å². The first kappa shape index (κ1) is 23.0. The van der Waals surface area contributed by atoms with Crippen LogP contribution in [0.5, 0.6) is 5.75 Å². The summed E-state index contributed by atoms with van der Waals surface area (Å²) in [6.45, 7) is -0.501. The molecule has 2 N–H and O–H groups in total. The van der Waals surface area contributed by atoms with Gasteiger partial charge < -0.3 is 19.9 Å². The monoisotopic (exact) mass is 457 g/mol. The lowest BCUT2D eigenvalue weighted by molar-refractivity contribution is -0.137. The van der Waals surface area contributed by atoms with E-state index in [2.05, 4.69) is 5.32 Å². The molecule has 1 aromatic heterocycles. The molecule has 5 nitrogen and oxygen atoms in total. The SMILES string of the molecule is COCc1c(C(=O)NCC(O)COc2cccc(C(F)(F)F)c2)sc2cccc(F)c12. The first-order valence-corrected chi connectivity index (χ1v) is 9.97. The Morgan fingerprint density at radius 3 is 2.68 bits per heavy atom. The first-order valence-electron chi connectivity index (χ1n) is 9.16. The molecule has 0 aliphatic heterocycles. The van der Waals surface area contributed by atoms with E-state index in [-0.39, 0.29) is 30.4 Å². The van der Waals surface area contributed by atoms with E-state index < -0.39 is 29.6 Å². The first-order chi connectivity index (χ1) is 14.7. The molecule has 0 saturated heterocycles. The lowest BCUT2D eigenvalue weighted by Crippen LogP contribution is -2.35. The van der Waals surface area contributed by atoms with Gasteiger partial charge in [0.25, 0.3) is 5.91 Å². The molecule has 10 heteroatoms. The number of methoxy groups -OCH3 is 1. The van der Waals surface area contributed by atoms with Crippen LogP contribution in [-0.2, 0) is 17.5 Å². The summed E-state index contributed by atoms with van der Waals surface area (Å²) in [7, 11) is 1.43. The molecule has 166 valence electrons. The van der Waals surface area contributed by atoms with Gasteiger partial charge >= 0.3 is 6.18 Å². The molecule has 31 heavy (non-hydrogen) atoms. The van der Waals surface area contributed by atoms with Crippen molar-refractivity contribution in [3.63, 3.8) is 0 Å². The number of ether oxygens (including phenoxy) is 2. The third-order valence-corrected chi connectivity index (χ3v) is 5.56. The van der Waals surface area contributed by atoms with E-state index in [9.17, 15) is 27.5 Å². The molecule has 1 heterocycles. The topological polar surface area (TPSA) is 67.8 Å². The molecular weight excluding hydrogens is 438 g/mol. The van der Waals surface area contributed by atoms with E-state index >= 15 is 0 Å². The lowest BCUT2D eigenvalue weighted by atomic mass is 10.1. The number of halogens is 4. The van der Waals surface area contributed by atoms with Crippen LogP contribution < -0.4 is 10.1 Å². The Bertz CT molecular complexity index is 1070. The zero-order chi connectivity index (χ0) is 22.6. The molecular formula is C21H19F4NO4S. The highest BCUT2D eigenvalue weighted by Crippen LogP contribution is 2.34. The number of amides is 1. The van der Waals surface area contributed by atoms with Gasteiger partial charge in [0.2, 0.25) is 0 Å². The van der Waals surface area contributed by atoms with Gasteiger partial charge in [0.1, 0.15) is 24.3 Å². The van der Waals surface area contributed by atoms with E-state index in [1.54, 1.807) is 12.1 Å². The number of fused-ring (bicyclic) bond motifs is 1. The van der Waals surface area contributed by atoms with Gasteiger partial charge in [-0.25, -0.2) is 4.39 Å². The molecule has 0 bridgehead atoms. The number of aliphatic hydroxyl groups excluding tert-OH is 1. The number of aliphatic hydroxyl groups is 1. The predicted molar refractivity (Wildman–Crippen MR) is 108 cm³/mol. The zero-order valence-electron chi connectivity index (χ0n) is 16.3. The van der Waals surface area contributed by atoms with Crippen LogP contribution in [-0.4, -0.2) is 37.4 Å². The zero-order valence-corrected chi connectivity index (χ0v) is 17.1. The van der Waals surface area contributed by atoms with Crippen molar-refractivity contribution in [2.75, 3.05) is 20.3 Å². The second kappa shape index (κ2) is 9.63. The molecule has 0 fully saturated rings. The lowest BCUT2D eigenvalue weighted by Gasteiger charge is -2.14. The standard InChI is InChI=1S/C21H19F4NO4S/c1-29-11-15-18-16(22)6-3-7-17(18)31-19(15)20(28)26-9-13(27)10-30-14-5-2-4-12(8-14)21(23,24)25/h2-8,13,27H,9-11H2,1H3,(H,26,28). The van der Waals surface area contributed by atoms with Crippen LogP contribution in [0.15, 0.2) is 42.5 Å². The fourth-order valence-electron chi connectivity index (χ4n) is 2.94. The fraction of sp³-hybridized carbons (Fsp3) is 0.286. The summed E-state index contributed by atoms with van der Waals surface area (Å²) < 4.78 is 63.3. The van der Waals surface area contributed by atoms with Crippen molar-refractivity contribution in [3.8, 4) is 5.75 Å². The number of alkyl halides is 3. The Hall–Kier alpha value is -2.69. The van der Waals surface area contributed by atoms with E-state index in [0.717, 1.165) is 23.5 Å². The van der Waals surface area contributed by atoms with Crippen LogP contribution in [0.4, 0.5) is 17.6 Å². The quantitative estimate of drug-likeness (QED) is 0.493. The number of nitrogens with one attached hydrogen (secondary N) is 1. The number of thiophene rings is 1. The van der Waals surface area contributed by atoms with Gasteiger partial charge in [0, 0.05) is 29.3 Å². The molecule has 0 saturated carbocycles. The van der Waals surface area contributed by atoms with Gasteiger partial charge in [-0.1, -0.05) is 12.1 Å². The summed E-state index contributed by atoms with van der Waals surface area (Å²) in [4.78, 5) is 12.9. The van der Waals surface area contributed by atoms with Crippen molar-refractivity contribution in [1.29, 1.82) is 0 Å². The molecule has 0 aliphatic carbocycles. The molecule has 0 spiro atoms. The Morgan fingerprint density at radius 2 is 1.97 bits per heavy atom. The van der Waals surface area contributed by atoms with Gasteiger partial charge in [0.15, 0.2) is 0 Å². The maximum atomic E-state index is 14.2. The van der Waals surface area contributed by atoms with Crippen molar-refractivity contribution in [1.82, 2.24) is 5.32 Å². The number of rotatable bonds is 8. The normalized spacial score (nSPS) is 12.7. The number of benzene rings is 2. The van der Waals surface area contributed by atoms with Crippen LogP contribution in [0.3, 0.4) is 0 Å². The Labute approximate surface area is 179 Å². The number of carbonyl (C=O) groups is 1. The minimum absolute atomic E-state index is 0.0326. The molecule has 2 aromatic carbocycles. The third kappa shape index (κ3) is 5.52. The number of hydrogen-bond donors (Lipinski definition) is 2. The number of carbonyl (C=O) groups excluding carboxylic acids is 1. The molecule has 0 radical (unpaired) electrons. The molecule has 3 rings (SSSR count). The summed E-state index contributed by atoms with van der Waals surface area (Å²) in [6, 6.07) is 8.80. The highest BCUT2D eigenvalue weighted by atomic mass is 32.1. The minimum Gasteiger partial charge on any atom is -0.491 e. The van der Waals surface area contributed by atoms with Crippen LogP contribution in [0.2, 0.25) is 0 Å². The van der Waals surface area contributed by atoms with Gasteiger partial charge in [-0.15, -0.1) is 11.3 Å². The Kier molecular flexibility index (Phi) is 7.14.